The van der Waals surface area contributed by atoms with Crippen LogP contribution in [0, 0.1) is 0 Å². The lowest BCUT2D eigenvalue weighted by Gasteiger charge is -2.17. The Morgan fingerprint density at radius 2 is 2.00 bits per heavy atom. The van der Waals surface area contributed by atoms with Crippen molar-refractivity contribution in [3.05, 3.63) is 23.8 Å². The third-order valence-corrected chi connectivity index (χ3v) is 3.02. The van der Waals surface area contributed by atoms with Crippen molar-refractivity contribution in [1.82, 2.24) is 0 Å². The van der Waals surface area contributed by atoms with Gasteiger partial charge in [0.15, 0.2) is 0 Å². The molecular weight excluding hydrogens is 196 g/mol. The van der Waals surface area contributed by atoms with Gasteiger partial charge in [-0.1, -0.05) is 6.07 Å². The van der Waals surface area contributed by atoms with Crippen LogP contribution in [0.4, 0.5) is 0 Å². The lowest BCUT2D eigenvalue weighted by atomic mass is 10.1. The van der Waals surface area contributed by atoms with E-state index in [-0.39, 0.29) is 6.10 Å². The number of thioether (sulfide) groups is 1. The fourth-order valence-electron chi connectivity index (χ4n) is 1.40. The number of hydrogen-bond donors (Lipinski definition) is 0. The van der Waals surface area contributed by atoms with Gasteiger partial charge in [0.2, 0.25) is 0 Å². The van der Waals surface area contributed by atoms with Crippen LogP contribution in [0.15, 0.2) is 23.1 Å². The summed E-state index contributed by atoms with van der Waals surface area (Å²) in [5, 5.41) is 0. The summed E-state index contributed by atoms with van der Waals surface area (Å²) < 4.78 is 10.6. The van der Waals surface area contributed by atoms with Crippen molar-refractivity contribution in [3.8, 4) is 5.75 Å². The smallest absolute Gasteiger partial charge is 0.125 e. The maximum atomic E-state index is 5.33. The minimum atomic E-state index is 0.0635. The highest BCUT2D eigenvalue weighted by molar-refractivity contribution is 7.98. The van der Waals surface area contributed by atoms with Crippen molar-refractivity contribution in [2.24, 2.45) is 0 Å². The van der Waals surface area contributed by atoms with Crippen LogP contribution in [0.2, 0.25) is 0 Å². The van der Waals surface area contributed by atoms with Crippen LogP contribution < -0.4 is 4.74 Å². The molecule has 0 fully saturated rings. The first-order chi connectivity index (χ1) is 6.74. The van der Waals surface area contributed by atoms with Crippen LogP contribution in [-0.4, -0.2) is 20.5 Å². The Kier molecular flexibility index (Phi) is 4.29. The number of ether oxygens (including phenoxy) is 2. The molecular formula is C11H16O2S. The van der Waals surface area contributed by atoms with Gasteiger partial charge in [-0.05, 0) is 25.3 Å². The zero-order valence-corrected chi connectivity index (χ0v) is 9.85. The van der Waals surface area contributed by atoms with Crippen molar-refractivity contribution in [2.45, 2.75) is 17.9 Å². The van der Waals surface area contributed by atoms with E-state index in [1.165, 1.54) is 4.90 Å². The molecule has 0 aliphatic rings. The fourth-order valence-corrected chi connectivity index (χ4v) is 2.10. The Hall–Kier alpha value is -0.670. The molecule has 0 N–H and O–H groups in total. The monoisotopic (exact) mass is 212 g/mol. The zero-order valence-electron chi connectivity index (χ0n) is 9.03. The Bertz CT molecular complexity index is 277. The highest BCUT2D eigenvalue weighted by Crippen LogP contribution is 2.34. The second kappa shape index (κ2) is 5.27. The highest BCUT2D eigenvalue weighted by atomic mass is 32.2. The second-order valence-electron chi connectivity index (χ2n) is 2.95. The molecule has 1 aromatic carbocycles. The minimum absolute atomic E-state index is 0.0635. The third kappa shape index (κ3) is 2.22. The van der Waals surface area contributed by atoms with Gasteiger partial charge in [-0.2, -0.15) is 0 Å². The molecule has 0 saturated heterocycles. The van der Waals surface area contributed by atoms with Crippen LogP contribution in [0.25, 0.3) is 0 Å². The van der Waals surface area contributed by atoms with Gasteiger partial charge < -0.3 is 9.47 Å². The standard InChI is InChI=1S/C11H16O2S/c1-8(12-2)11-9(13-3)6-5-7-10(11)14-4/h5-8H,1-4H3. The lowest BCUT2D eigenvalue weighted by Crippen LogP contribution is -2.01. The zero-order chi connectivity index (χ0) is 10.6. The van der Waals surface area contributed by atoms with Gasteiger partial charge in [-0.3, -0.25) is 0 Å². The molecule has 1 rings (SSSR count). The molecule has 78 valence electrons. The molecule has 3 heteroatoms. The van der Waals surface area contributed by atoms with Crippen LogP contribution in [0.1, 0.15) is 18.6 Å². The summed E-state index contributed by atoms with van der Waals surface area (Å²) in [5.41, 5.74) is 1.13. The maximum absolute atomic E-state index is 5.33. The van der Waals surface area contributed by atoms with Gasteiger partial charge in [0, 0.05) is 17.6 Å². The van der Waals surface area contributed by atoms with Crippen LogP contribution in [0.3, 0.4) is 0 Å². The van der Waals surface area contributed by atoms with Crippen molar-refractivity contribution in [1.29, 1.82) is 0 Å². The Morgan fingerprint density at radius 3 is 2.50 bits per heavy atom. The summed E-state index contributed by atoms with van der Waals surface area (Å²) in [4.78, 5) is 1.21. The van der Waals surface area contributed by atoms with E-state index in [2.05, 4.69) is 12.3 Å². The molecule has 0 spiro atoms. The number of benzene rings is 1. The maximum Gasteiger partial charge on any atom is 0.125 e. The van der Waals surface area contributed by atoms with Gasteiger partial charge in [-0.25, -0.2) is 0 Å². The van der Waals surface area contributed by atoms with E-state index in [0.29, 0.717) is 0 Å². The molecule has 0 bridgehead atoms. The molecule has 0 aliphatic carbocycles. The molecule has 0 heterocycles. The van der Waals surface area contributed by atoms with E-state index < -0.39 is 0 Å². The Morgan fingerprint density at radius 1 is 1.29 bits per heavy atom. The van der Waals surface area contributed by atoms with Crippen molar-refractivity contribution < 1.29 is 9.47 Å². The molecule has 2 nitrogen and oxygen atoms in total. The molecule has 0 aromatic heterocycles. The highest BCUT2D eigenvalue weighted by Gasteiger charge is 2.14. The van der Waals surface area contributed by atoms with Crippen molar-refractivity contribution in [2.75, 3.05) is 20.5 Å². The van der Waals surface area contributed by atoms with E-state index in [0.717, 1.165) is 11.3 Å². The first-order valence-electron chi connectivity index (χ1n) is 4.48. The topological polar surface area (TPSA) is 18.5 Å². The summed E-state index contributed by atoms with van der Waals surface area (Å²) in [6, 6.07) is 6.04. The van der Waals surface area contributed by atoms with E-state index in [1.54, 1.807) is 26.0 Å². The van der Waals surface area contributed by atoms with Crippen LogP contribution >= 0.6 is 11.8 Å². The van der Waals surface area contributed by atoms with E-state index in [9.17, 15) is 0 Å². The minimum Gasteiger partial charge on any atom is -0.496 e. The largest absolute Gasteiger partial charge is 0.496 e. The number of rotatable bonds is 4. The van der Waals surface area contributed by atoms with Gasteiger partial charge in [0.05, 0.1) is 13.2 Å². The SMILES string of the molecule is COc1cccc(SC)c1C(C)OC. The summed E-state index contributed by atoms with van der Waals surface area (Å²) >= 11 is 1.71. The summed E-state index contributed by atoms with van der Waals surface area (Å²) in [6.07, 6.45) is 2.12. The molecule has 0 saturated carbocycles. The molecule has 0 radical (unpaired) electrons. The first kappa shape index (κ1) is 11.4. The van der Waals surface area contributed by atoms with E-state index in [4.69, 9.17) is 9.47 Å². The van der Waals surface area contributed by atoms with Crippen LogP contribution in [-0.2, 0) is 4.74 Å². The van der Waals surface area contributed by atoms with Crippen LogP contribution in [0.5, 0.6) is 5.75 Å². The molecule has 0 amide bonds. The normalized spacial score (nSPS) is 12.6. The number of methoxy groups -OCH3 is 2. The second-order valence-corrected chi connectivity index (χ2v) is 3.80. The Balaban J connectivity index is 3.18. The van der Waals surface area contributed by atoms with Crippen molar-refractivity contribution in [3.63, 3.8) is 0 Å². The molecule has 14 heavy (non-hydrogen) atoms. The van der Waals surface area contributed by atoms with Gasteiger partial charge in [0.25, 0.3) is 0 Å². The lowest BCUT2D eigenvalue weighted by molar-refractivity contribution is 0.114. The third-order valence-electron chi connectivity index (χ3n) is 2.23. The fraction of sp³-hybridized carbons (Fsp3) is 0.455. The van der Waals surface area contributed by atoms with Crippen molar-refractivity contribution >= 4 is 11.8 Å². The average Bonchev–Trinajstić information content (AvgIpc) is 2.26. The van der Waals surface area contributed by atoms with Gasteiger partial charge in [0.1, 0.15) is 5.75 Å². The molecule has 0 aliphatic heterocycles. The average molecular weight is 212 g/mol. The van der Waals surface area contributed by atoms with Gasteiger partial charge >= 0.3 is 0 Å². The Labute approximate surface area is 89.6 Å². The predicted octanol–water partition coefficient (Wildman–Crippen LogP) is 3.12. The van der Waals surface area contributed by atoms with E-state index in [1.807, 2.05) is 19.1 Å². The predicted molar refractivity (Wildman–Crippen MR) is 60.2 cm³/mol. The van der Waals surface area contributed by atoms with Gasteiger partial charge in [-0.15, -0.1) is 11.8 Å². The molecule has 1 atom stereocenters. The molecule has 1 unspecified atom stereocenters. The first-order valence-corrected chi connectivity index (χ1v) is 5.70. The van der Waals surface area contributed by atoms with E-state index >= 15 is 0 Å². The number of hydrogen-bond acceptors (Lipinski definition) is 3. The molecule has 1 aromatic rings. The summed E-state index contributed by atoms with van der Waals surface area (Å²) in [5.74, 6) is 0.895. The summed E-state index contributed by atoms with van der Waals surface area (Å²) in [7, 11) is 3.40. The quantitative estimate of drug-likeness (QED) is 0.714. The summed E-state index contributed by atoms with van der Waals surface area (Å²) in [6.45, 7) is 2.03.